The number of hydrogen-bond donors (Lipinski definition) is 3. The zero-order valence-electron chi connectivity index (χ0n) is 15.6. The van der Waals surface area contributed by atoms with Crippen LogP contribution >= 0.6 is 0 Å². The molecule has 2 rings (SSSR count). The van der Waals surface area contributed by atoms with Gasteiger partial charge in [-0.15, -0.1) is 0 Å². The van der Waals surface area contributed by atoms with Gasteiger partial charge in [0.2, 0.25) is 5.91 Å². The van der Waals surface area contributed by atoms with Crippen LogP contribution in [0.3, 0.4) is 0 Å². The Morgan fingerprint density at radius 3 is 2.25 bits per heavy atom. The lowest BCUT2D eigenvalue weighted by molar-refractivity contribution is -0.138. The number of carboxylic acids is 1. The van der Waals surface area contributed by atoms with Gasteiger partial charge in [0.1, 0.15) is 6.54 Å². The molecule has 1 amide bonds. The Kier molecular flexibility index (Phi) is 9.47. The molecule has 1 aromatic carbocycles. The third-order valence-electron chi connectivity index (χ3n) is 2.92. The van der Waals surface area contributed by atoms with E-state index in [4.69, 9.17) is 5.11 Å². The van der Waals surface area contributed by atoms with Crippen LogP contribution in [0.4, 0.5) is 0 Å². The van der Waals surface area contributed by atoms with Gasteiger partial charge in [-0.05, 0) is 24.0 Å². The SMILES string of the molecule is CC.CC(C)(C)CC(=O)NCC(=O)O.Cc1c[nH]c2ccccc12. The molecule has 3 N–H and O–H groups in total. The highest BCUT2D eigenvalue weighted by atomic mass is 16.4. The molecule has 0 aliphatic heterocycles. The van der Waals surface area contributed by atoms with Gasteiger partial charge < -0.3 is 15.4 Å². The standard InChI is InChI=1S/C9H9N.C8H15NO3.C2H6/c1-7-6-10-9-5-3-2-4-8(7)9;1-8(2,3)4-6(10)9-5-7(11)12;1-2/h2-6,10H,1H3;4-5H2,1-3H3,(H,9,10)(H,11,12);1-2H3. The van der Waals surface area contributed by atoms with Gasteiger partial charge in [-0.3, -0.25) is 9.59 Å². The Morgan fingerprint density at radius 2 is 1.75 bits per heavy atom. The molecule has 1 heterocycles. The number of aliphatic carboxylic acids is 1. The van der Waals surface area contributed by atoms with Crippen LogP contribution in [0.1, 0.15) is 46.6 Å². The molecular weight excluding hydrogens is 304 g/mol. The van der Waals surface area contributed by atoms with Crippen molar-refractivity contribution in [3.63, 3.8) is 0 Å². The van der Waals surface area contributed by atoms with Crippen molar-refractivity contribution in [1.29, 1.82) is 0 Å². The first-order valence-electron chi connectivity index (χ1n) is 8.20. The van der Waals surface area contributed by atoms with Gasteiger partial charge >= 0.3 is 5.97 Å². The molecule has 0 unspecified atom stereocenters. The van der Waals surface area contributed by atoms with Crippen LogP contribution in [0.2, 0.25) is 0 Å². The van der Waals surface area contributed by atoms with E-state index in [0.717, 1.165) is 0 Å². The molecule has 0 saturated carbocycles. The van der Waals surface area contributed by atoms with Gasteiger partial charge in [0.15, 0.2) is 0 Å². The van der Waals surface area contributed by atoms with E-state index in [-0.39, 0.29) is 17.9 Å². The number of carboxylic acid groups (broad SMARTS) is 1. The average Bonchev–Trinajstić information content (AvgIpc) is 2.88. The van der Waals surface area contributed by atoms with Crippen molar-refractivity contribution in [3.8, 4) is 0 Å². The van der Waals surface area contributed by atoms with E-state index in [1.54, 1.807) is 0 Å². The van der Waals surface area contributed by atoms with Crippen LogP contribution in [0, 0.1) is 12.3 Å². The quantitative estimate of drug-likeness (QED) is 0.789. The number of fused-ring (bicyclic) bond motifs is 1. The molecule has 5 nitrogen and oxygen atoms in total. The number of aromatic nitrogens is 1. The summed E-state index contributed by atoms with van der Waals surface area (Å²) in [5.41, 5.74) is 2.44. The number of aromatic amines is 1. The Balaban J connectivity index is 0.000000402. The van der Waals surface area contributed by atoms with Gasteiger partial charge in [0, 0.05) is 23.5 Å². The van der Waals surface area contributed by atoms with Crippen molar-refractivity contribution in [2.45, 2.75) is 48.0 Å². The Morgan fingerprint density at radius 1 is 1.17 bits per heavy atom. The minimum absolute atomic E-state index is 0.0947. The fourth-order valence-corrected chi connectivity index (χ4v) is 1.93. The van der Waals surface area contributed by atoms with Crippen LogP contribution in [-0.2, 0) is 9.59 Å². The summed E-state index contributed by atoms with van der Waals surface area (Å²) in [5, 5.41) is 11.9. The molecule has 0 saturated heterocycles. The molecule has 5 heteroatoms. The minimum atomic E-state index is -1.02. The van der Waals surface area contributed by atoms with Crippen LogP contribution in [-0.4, -0.2) is 28.5 Å². The molecule has 1 aromatic heterocycles. The van der Waals surface area contributed by atoms with E-state index in [0.29, 0.717) is 6.42 Å². The van der Waals surface area contributed by atoms with Crippen molar-refractivity contribution in [2.24, 2.45) is 5.41 Å². The minimum Gasteiger partial charge on any atom is -0.480 e. The molecule has 0 fully saturated rings. The molecule has 24 heavy (non-hydrogen) atoms. The number of aryl methyl sites for hydroxylation is 1. The number of amides is 1. The van der Waals surface area contributed by atoms with Gasteiger partial charge in [-0.2, -0.15) is 0 Å². The molecule has 0 aliphatic rings. The average molecular weight is 334 g/mol. The highest BCUT2D eigenvalue weighted by molar-refractivity contribution is 5.82. The van der Waals surface area contributed by atoms with Crippen molar-refractivity contribution >= 4 is 22.8 Å². The number of nitrogens with one attached hydrogen (secondary N) is 2. The van der Waals surface area contributed by atoms with E-state index >= 15 is 0 Å². The van der Waals surface area contributed by atoms with Crippen molar-refractivity contribution < 1.29 is 14.7 Å². The van der Waals surface area contributed by atoms with Gasteiger partial charge in [-0.25, -0.2) is 0 Å². The van der Waals surface area contributed by atoms with Crippen LogP contribution < -0.4 is 5.32 Å². The second-order valence-electron chi connectivity index (χ2n) is 6.43. The first-order chi connectivity index (χ1) is 11.2. The van der Waals surface area contributed by atoms with E-state index in [2.05, 4.69) is 35.4 Å². The zero-order chi connectivity index (χ0) is 18.8. The molecular formula is C19H30N2O3. The summed E-state index contributed by atoms with van der Waals surface area (Å²) in [6.45, 7) is 11.6. The number of rotatable bonds is 3. The smallest absolute Gasteiger partial charge is 0.322 e. The maximum atomic E-state index is 11.0. The lowest BCUT2D eigenvalue weighted by Crippen LogP contribution is -2.31. The molecule has 0 spiro atoms. The predicted molar refractivity (Wildman–Crippen MR) is 99.1 cm³/mol. The second-order valence-corrected chi connectivity index (χ2v) is 6.43. The third kappa shape index (κ3) is 8.98. The Hall–Kier alpha value is -2.30. The Labute approximate surface area is 144 Å². The molecule has 2 aromatic rings. The van der Waals surface area contributed by atoms with Crippen LogP contribution in [0.15, 0.2) is 30.5 Å². The second kappa shape index (κ2) is 10.5. The van der Waals surface area contributed by atoms with E-state index < -0.39 is 5.97 Å². The van der Waals surface area contributed by atoms with Gasteiger partial charge in [-0.1, -0.05) is 52.8 Å². The highest BCUT2D eigenvalue weighted by Crippen LogP contribution is 2.17. The van der Waals surface area contributed by atoms with E-state index in [9.17, 15) is 9.59 Å². The molecule has 0 bridgehead atoms. The monoisotopic (exact) mass is 334 g/mol. The summed E-state index contributed by atoms with van der Waals surface area (Å²) < 4.78 is 0. The summed E-state index contributed by atoms with van der Waals surface area (Å²) in [5.74, 6) is -1.23. The number of H-pyrrole nitrogens is 1. The maximum Gasteiger partial charge on any atom is 0.322 e. The van der Waals surface area contributed by atoms with Crippen molar-refractivity contribution in [1.82, 2.24) is 10.3 Å². The number of carbonyl (C=O) groups is 2. The number of carbonyl (C=O) groups excluding carboxylic acids is 1. The summed E-state index contributed by atoms with van der Waals surface area (Å²) in [6, 6.07) is 8.31. The number of hydrogen-bond acceptors (Lipinski definition) is 2. The normalized spacial score (nSPS) is 10.1. The first-order valence-corrected chi connectivity index (χ1v) is 8.20. The summed E-state index contributed by atoms with van der Waals surface area (Å²) in [7, 11) is 0. The molecule has 0 radical (unpaired) electrons. The Bertz CT molecular complexity index is 639. The van der Waals surface area contributed by atoms with Gasteiger partial charge in [0.25, 0.3) is 0 Å². The van der Waals surface area contributed by atoms with Crippen molar-refractivity contribution in [3.05, 3.63) is 36.0 Å². The van der Waals surface area contributed by atoms with E-state index in [1.165, 1.54) is 16.5 Å². The summed E-state index contributed by atoms with van der Waals surface area (Å²) in [4.78, 5) is 24.2. The highest BCUT2D eigenvalue weighted by Gasteiger charge is 2.15. The fraction of sp³-hybridized carbons (Fsp3) is 0.474. The third-order valence-corrected chi connectivity index (χ3v) is 2.92. The topological polar surface area (TPSA) is 82.2 Å². The molecule has 134 valence electrons. The van der Waals surface area contributed by atoms with Crippen LogP contribution in [0.5, 0.6) is 0 Å². The fourth-order valence-electron chi connectivity index (χ4n) is 1.93. The van der Waals surface area contributed by atoms with Crippen LogP contribution in [0.25, 0.3) is 10.9 Å². The van der Waals surface area contributed by atoms with E-state index in [1.807, 2.05) is 46.9 Å². The number of para-hydroxylation sites is 1. The maximum absolute atomic E-state index is 11.0. The summed E-state index contributed by atoms with van der Waals surface area (Å²) in [6.07, 6.45) is 2.38. The predicted octanol–water partition coefficient (Wildman–Crippen LogP) is 4.13. The zero-order valence-corrected chi connectivity index (χ0v) is 15.6. The first kappa shape index (κ1) is 21.7. The summed E-state index contributed by atoms with van der Waals surface area (Å²) >= 11 is 0. The number of benzene rings is 1. The lowest BCUT2D eigenvalue weighted by Gasteiger charge is -2.16. The van der Waals surface area contributed by atoms with Gasteiger partial charge in [0.05, 0.1) is 0 Å². The van der Waals surface area contributed by atoms with Crippen molar-refractivity contribution in [2.75, 3.05) is 6.54 Å². The molecule has 0 aliphatic carbocycles. The molecule has 0 atom stereocenters. The largest absolute Gasteiger partial charge is 0.480 e. The lowest BCUT2D eigenvalue weighted by atomic mass is 9.92.